The van der Waals surface area contributed by atoms with E-state index in [0.717, 1.165) is 46.8 Å². The summed E-state index contributed by atoms with van der Waals surface area (Å²) in [6.45, 7) is 6.10. The zero-order valence-electron chi connectivity index (χ0n) is 22.2. The molecule has 0 saturated heterocycles. The van der Waals surface area contributed by atoms with Gasteiger partial charge >= 0.3 is 0 Å². The van der Waals surface area contributed by atoms with E-state index in [1.165, 1.54) is 10.6 Å². The fourth-order valence-corrected chi connectivity index (χ4v) is 6.30. The molecule has 1 fully saturated rings. The number of hydrogen-bond acceptors (Lipinski definition) is 4. The van der Waals surface area contributed by atoms with Crippen LogP contribution in [0.15, 0.2) is 46.9 Å². The van der Waals surface area contributed by atoms with Crippen LogP contribution in [0.1, 0.15) is 62.1 Å². The smallest absolute Gasteiger partial charge is 0.242 e. The molecular weight excluding hydrogens is 554 g/mol. The zero-order chi connectivity index (χ0) is 27.2. The Hall–Kier alpha value is -2.39. The van der Waals surface area contributed by atoms with Crippen LogP contribution in [-0.4, -0.2) is 50.0 Å². The first-order valence-corrected chi connectivity index (χ1v) is 15.5. The predicted octanol–water partition coefficient (Wildman–Crippen LogP) is 5.09. The van der Waals surface area contributed by atoms with Gasteiger partial charge in [0.05, 0.1) is 11.9 Å². The number of sulfonamides is 1. The molecule has 37 heavy (non-hydrogen) atoms. The molecule has 2 amide bonds. The number of nitrogens with zero attached hydrogens (tertiary/aromatic N) is 2. The molecular formula is C28H38BrN3O4S. The van der Waals surface area contributed by atoms with Gasteiger partial charge in [-0.3, -0.25) is 13.9 Å². The Morgan fingerprint density at radius 3 is 2.32 bits per heavy atom. The number of rotatable bonds is 11. The molecule has 9 heteroatoms. The quantitative estimate of drug-likeness (QED) is 0.394. The third-order valence-electron chi connectivity index (χ3n) is 6.76. The van der Waals surface area contributed by atoms with Crippen molar-refractivity contribution in [1.29, 1.82) is 0 Å². The lowest BCUT2D eigenvalue weighted by molar-refractivity contribution is -0.141. The highest BCUT2D eigenvalue weighted by Gasteiger charge is 2.28. The summed E-state index contributed by atoms with van der Waals surface area (Å²) in [5, 5.41) is 3.11. The third kappa shape index (κ3) is 8.57. The minimum atomic E-state index is -3.53. The van der Waals surface area contributed by atoms with Crippen LogP contribution in [-0.2, 0) is 26.2 Å². The van der Waals surface area contributed by atoms with Crippen molar-refractivity contribution >= 4 is 43.5 Å². The maximum absolute atomic E-state index is 13.5. The molecule has 3 rings (SSSR count). The van der Waals surface area contributed by atoms with Gasteiger partial charge in [0.1, 0.15) is 6.04 Å². The predicted molar refractivity (Wildman–Crippen MR) is 152 cm³/mol. The van der Waals surface area contributed by atoms with Crippen LogP contribution in [0.4, 0.5) is 5.69 Å². The number of nitrogens with one attached hydrogen (secondary N) is 1. The Morgan fingerprint density at radius 2 is 1.73 bits per heavy atom. The van der Waals surface area contributed by atoms with Crippen LogP contribution in [0.5, 0.6) is 0 Å². The normalized spacial score (nSPS) is 14.8. The molecule has 1 saturated carbocycles. The average molecular weight is 593 g/mol. The molecule has 2 aromatic rings. The Balaban J connectivity index is 1.73. The minimum absolute atomic E-state index is 0.131. The van der Waals surface area contributed by atoms with Gasteiger partial charge < -0.3 is 10.2 Å². The number of amides is 2. The highest BCUT2D eigenvalue weighted by Crippen LogP contribution is 2.23. The summed E-state index contributed by atoms with van der Waals surface area (Å²) in [6, 6.07) is 12.9. The van der Waals surface area contributed by atoms with Crippen molar-refractivity contribution in [2.24, 2.45) is 0 Å². The van der Waals surface area contributed by atoms with Crippen LogP contribution in [0.2, 0.25) is 0 Å². The van der Waals surface area contributed by atoms with E-state index in [9.17, 15) is 18.0 Å². The van der Waals surface area contributed by atoms with Crippen molar-refractivity contribution in [3.05, 3.63) is 63.6 Å². The minimum Gasteiger partial charge on any atom is -0.352 e. The van der Waals surface area contributed by atoms with E-state index < -0.39 is 16.1 Å². The maximum atomic E-state index is 13.5. The average Bonchev–Trinajstić information content (AvgIpc) is 3.31. The molecule has 0 heterocycles. The number of carbonyl (C=O) groups is 2. The number of hydrogen-bond donors (Lipinski definition) is 1. The van der Waals surface area contributed by atoms with Gasteiger partial charge in [-0.15, -0.1) is 0 Å². The summed E-state index contributed by atoms with van der Waals surface area (Å²) in [7, 11) is -3.53. The van der Waals surface area contributed by atoms with E-state index in [2.05, 4.69) is 21.2 Å². The van der Waals surface area contributed by atoms with E-state index in [1.54, 1.807) is 11.8 Å². The number of aryl methyl sites for hydroxylation is 2. The molecule has 1 aliphatic carbocycles. The maximum Gasteiger partial charge on any atom is 0.242 e. The van der Waals surface area contributed by atoms with E-state index in [1.807, 2.05) is 56.3 Å². The van der Waals surface area contributed by atoms with Crippen molar-refractivity contribution in [3.8, 4) is 0 Å². The Bertz CT molecular complexity index is 1190. The van der Waals surface area contributed by atoms with Crippen molar-refractivity contribution < 1.29 is 18.0 Å². The summed E-state index contributed by atoms with van der Waals surface area (Å²) < 4.78 is 27.4. The number of halogens is 1. The summed E-state index contributed by atoms with van der Waals surface area (Å²) in [5.41, 5.74) is 3.46. The monoisotopic (exact) mass is 591 g/mol. The van der Waals surface area contributed by atoms with E-state index in [4.69, 9.17) is 0 Å². The standard InChI is InChI=1S/C28H38BrN3O4S/c1-20-15-21(2)17-26(16-20)32(37(4,35)36)14-8-13-27(33)31(19-23-9-7-10-24(29)18-23)22(3)28(34)30-25-11-5-6-12-25/h7,9-10,15-18,22,25H,5-6,8,11-14,19H2,1-4H3,(H,30,34)/t22-/m1/s1. The third-order valence-corrected chi connectivity index (χ3v) is 8.44. The Kier molecular flexibility index (Phi) is 10.2. The summed E-state index contributed by atoms with van der Waals surface area (Å²) in [6.07, 6.45) is 5.81. The van der Waals surface area contributed by atoms with Crippen LogP contribution in [0.3, 0.4) is 0 Å². The molecule has 0 spiro atoms. The Labute approximate surface area is 229 Å². The van der Waals surface area contributed by atoms with Gasteiger partial charge in [-0.05, 0) is 81.0 Å². The highest BCUT2D eigenvalue weighted by molar-refractivity contribution is 9.10. The van der Waals surface area contributed by atoms with Gasteiger partial charge in [0.15, 0.2) is 0 Å². The molecule has 0 bridgehead atoms. The van der Waals surface area contributed by atoms with Gasteiger partial charge in [0.25, 0.3) is 0 Å². The molecule has 7 nitrogen and oxygen atoms in total. The van der Waals surface area contributed by atoms with Gasteiger partial charge in [0.2, 0.25) is 21.8 Å². The summed E-state index contributed by atoms with van der Waals surface area (Å²) in [5.74, 6) is -0.328. The van der Waals surface area contributed by atoms with Gasteiger partial charge in [-0.25, -0.2) is 8.42 Å². The van der Waals surface area contributed by atoms with Crippen molar-refractivity contribution in [2.75, 3.05) is 17.1 Å². The van der Waals surface area contributed by atoms with Gasteiger partial charge in [-0.2, -0.15) is 0 Å². The van der Waals surface area contributed by atoms with Crippen LogP contribution in [0.25, 0.3) is 0 Å². The molecule has 2 aromatic carbocycles. The number of anilines is 1. The van der Waals surface area contributed by atoms with Crippen molar-refractivity contribution in [3.63, 3.8) is 0 Å². The molecule has 1 aliphatic rings. The van der Waals surface area contributed by atoms with E-state index in [-0.39, 0.29) is 30.8 Å². The van der Waals surface area contributed by atoms with Gasteiger partial charge in [-0.1, -0.05) is 47.0 Å². The first-order chi connectivity index (χ1) is 17.4. The first kappa shape index (κ1) is 29.2. The fourth-order valence-electron chi connectivity index (χ4n) is 4.91. The lowest BCUT2D eigenvalue weighted by atomic mass is 10.1. The molecule has 1 atom stereocenters. The molecule has 1 N–H and O–H groups in total. The summed E-state index contributed by atoms with van der Waals surface area (Å²) >= 11 is 3.48. The topological polar surface area (TPSA) is 86.8 Å². The van der Waals surface area contributed by atoms with Crippen molar-refractivity contribution in [2.45, 2.75) is 77.9 Å². The molecule has 202 valence electrons. The Morgan fingerprint density at radius 1 is 1.08 bits per heavy atom. The second kappa shape index (κ2) is 12.9. The fraction of sp³-hybridized carbons (Fsp3) is 0.500. The van der Waals surface area contributed by atoms with E-state index >= 15 is 0 Å². The van der Waals surface area contributed by atoms with Gasteiger partial charge in [0, 0.05) is 30.0 Å². The first-order valence-electron chi connectivity index (χ1n) is 12.8. The number of carbonyl (C=O) groups excluding carboxylic acids is 2. The second-order valence-electron chi connectivity index (χ2n) is 10.1. The molecule has 0 aromatic heterocycles. The number of benzene rings is 2. The molecule has 0 radical (unpaired) electrons. The summed E-state index contributed by atoms with van der Waals surface area (Å²) in [4.78, 5) is 28.1. The zero-order valence-corrected chi connectivity index (χ0v) is 24.6. The lowest BCUT2D eigenvalue weighted by Crippen LogP contribution is -2.49. The van der Waals surface area contributed by atoms with E-state index in [0.29, 0.717) is 18.7 Å². The SMILES string of the molecule is Cc1cc(C)cc(N(CCCC(=O)N(Cc2cccc(Br)c2)[C@H](C)C(=O)NC2CCCC2)S(C)(=O)=O)c1. The van der Waals surface area contributed by atoms with Crippen LogP contribution < -0.4 is 9.62 Å². The lowest BCUT2D eigenvalue weighted by Gasteiger charge is -2.30. The molecule has 0 aliphatic heterocycles. The van der Waals surface area contributed by atoms with Crippen LogP contribution in [0, 0.1) is 13.8 Å². The highest BCUT2D eigenvalue weighted by atomic mass is 79.9. The largest absolute Gasteiger partial charge is 0.352 e. The second-order valence-corrected chi connectivity index (χ2v) is 12.9. The van der Waals surface area contributed by atoms with Crippen molar-refractivity contribution in [1.82, 2.24) is 10.2 Å². The molecule has 0 unspecified atom stereocenters. The van der Waals surface area contributed by atoms with Crippen LogP contribution >= 0.6 is 15.9 Å².